The number of aldehydes is 1. The molecule has 0 amide bonds. The molecule has 3 fully saturated rings. The molecule has 1 saturated heterocycles. The van der Waals surface area contributed by atoms with Crippen LogP contribution in [0.25, 0.3) is 16.5 Å². The van der Waals surface area contributed by atoms with Crippen LogP contribution in [0.15, 0.2) is 65.1 Å². The molecule has 73 heavy (non-hydrogen) atoms. The highest BCUT2D eigenvalue weighted by molar-refractivity contribution is 6.11. The van der Waals surface area contributed by atoms with Gasteiger partial charge in [-0.15, -0.1) is 0 Å². The Morgan fingerprint density at radius 2 is 1.88 bits per heavy atom. The molecule has 3 aromatic rings. The number of aromatic nitrogens is 1. The first kappa shape index (κ1) is 50.0. The number of likely N-dealkylation sites (tertiary alicyclic amines) is 1. The predicted octanol–water partition coefficient (Wildman–Crippen LogP) is 4.54. The van der Waals surface area contributed by atoms with Gasteiger partial charge >= 0.3 is 5.97 Å². The molecule has 7 N–H and O–H groups in total. The molecule has 2 aromatic carbocycles. The number of hydrogen-bond acceptors (Lipinski definition) is 15. The largest absolute Gasteiger partial charge is 0.492 e. The zero-order chi connectivity index (χ0) is 51.0. The Bertz CT molecular complexity index is 2860. The Kier molecular flexibility index (Phi) is 13.2. The van der Waals surface area contributed by atoms with Gasteiger partial charge in [-0.25, -0.2) is 4.79 Å². The van der Waals surface area contributed by atoms with E-state index in [9.17, 15) is 45.0 Å². The van der Waals surface area contributed by atoms with Crippen molar-refractivity contribution < 1.29 is 68.7 Å². The van der Waals surface area contributed by atoms with Crippen molar-refractivity contribution >= 4 is 34.5 Å². The van der Waals surface area contributed by atoms with Gasteiger partial charge in [0.2, 0.25) is 5.76 Å². The Hall–Kier alpha value is -5.17. The summed E-state index contributed by atoms with van der Waals surface area (Å²) in [7, 11) is 1.69. The molecule has 8 aliphatic rings. The van der Waals surface area contributed by atoms with Crippen molar-refractivity contribution in [1.82, 2.24) is 9.88 Å². The fraction of sp³-hybridized carbons (Fsp3) is 0.561. The van der Waals surface area contributed by atoms with Crippen molar-refractivity contribution in [2.45, 2.75) is 94.9 Å². The highest BCUT2D eigenvalue weighted by atomic mass is 16.6. The average molecular weight is 1010 g/mol. The van der Waals surface area contributed by atoms with Gasteiger partial charge in [-0.05, 0) is 124 Å². The molecule has 4 aliphatic carbocycles. The van der Waals surface area contributed by atoms with Crippen molar-refractivity contribution in [3.63, 3.8) is 0 Å². The summed E-state index contributed by atoms with van der Waals surface area (Å²) < 4.78 is 32.1. The van der Waals surface area contributed by atoms with E-state index in [1.807, 2.05) is 30.5 Å². The van der Waals surface area contributed by atoms with Crippen LogP contribution in [-0.4, -0.2) is 143 Å². The second-order valence-electron chi connectivity index (χ2n) is 21.9. The van der Waals surface area contributed by atoms with Gasteiger partial charge < -0.3 is 64.2 Å². The highest BCUT2D eigenvalue weighted by Crippen LogP contribution is 2.74. The van der Waals surface area contributed by atoms with E-state index >= 15 is 0 Å². The number of benzene rings is 2. The summed E-state index contributed by atoms with van der Waals surface area (Å²) in [6.07, 6.45) is 12.7. The number of allylic oxidation sites excluding steroid dienone is 4. The number of carbonyl (C=O) groups is 3. The number of H-pyrrole nitrogens is 1. The molecule has 16 nitrogen and oxygen atoms in total. The Morgan fingerprint density at radius 1 is 1.03 bits per heavy atom. The summed E-state index contributed by atoms with van der Waals surface area (Å²) >= 11 is 0. The summed E-state index contributed by atoms with van der Waals surface area (Å²) in [4.78, 5) is 48.4. The lowest BCUT2D eigenvalue weighted by atomic mass is 9.35. The zero-order valence-electron chi connectivity index (χ0n) is 41.8. The normalized spacial score (nSPS) is 33.2. The van der Waals surface area contributed by atoms with Gasteiger partial charge in [0.1, 0.15) is 28.6 Å². The van der Waals surface area contributed by atoms with Crippen molar-refractivity contribution in [3.8, 4) is 17.2 Å². The van der Waals surface area contributed by atoms with E-state index in [2.05, 4.69) is 22.0 Å². The maximum Gasteiger partial charge on any atom is 0.375 e. The molecule has 11 rings (SSSR count). The number of Topliss-reactive ketones (excluding diaryl/α,β-unsaturated/α-hetero) is 1. The van der Waals surface area contributed by atoms with Crippen LogP contribution in [0.5, 0.6) is 17.2 Å². The van der Waals surface area contributed by atoms with E-state index in [1.165, 1.54) is 0 Å². The van der Waals surface area contributed by atoms with E-state index in [1.54, 1.807) is 14.0 Å². The first-order chi connectivity index (χ1) is 35.4. The third-order valence-corrected chi connectivity index (χ3v) is 18.5. The van der Waals surface area contributed by atoms with Crippen molar-refractivity contribution in [1.29, 1.82) is 0 Å². The maximum atomic E-state index is 14.7. The number of methoxy groups -OCH3 is 1. The number of piperidine rings is 1. The monoisotopic (exact) mass is 1000 g/mol. The quantitative estimate of drug-likeness (QED) is 0.0539. The van der Waals surface area contributed by atoms with Crippen LogP contribution < -0.4 is 14.2 Å². The minimum Gasteiger partial charge on any atom is -0.492 e. The minimum absolute atomic E-state index is 0.0105. The van der Waals surface area contributed by atoms with E-state index in [0.717, 1.165) is 35.0 Å². The fourth-order valence-corrected chi connectivity index (χ4v) is 15.1. The van der Waals surface area contributed by atoms with E-state index in [0.29, 0.717) is 81.2 Å². The number of esters is 1. The Labute approximate surface area is 424 Å². The molecule has 0 unspecified atom stereocenters. The summed E-state index contributed by atoms with van der Waals surface area (Å²) in [5, 5.41) is 71.4. The molecule has 0 radical (unpaired) electrons. The molecular formula is C57H68N2O14. The SMILES string of the molecule is CCOC(=O)C1=C(C=O)/C2=C3\C[C@@H](CO)C(=O)[C@@H](C3)c3cc4cc[nH]c4cc3CC[C@H](CO)COc3c4c(c(CO)c(c32)O1)O[C@@]1(C=C[C@@]2(CCO)CC[C@]35CCN(CCCOC)C[C@@H]3C=C(CO)[C@H]2[C@@]51O)C4. The molecule has 2 spiro atoms. The third kappa shape index (κ3) is 7.40. The van der Waals surface area contributed by atoms with Crippen molar-refractivity contribution in [2.75, 3.05) is 73.0 Å². The lowest BCUT2D eigenvalue weighted by molar-refractivity contribution is -0.282. The number of nitrogens with zero attached hydrogens (tertiary/aromatic N) is 1. The maximum absolute atomic E-state index is 14.7. The first-order valence-corrected chi connectivity index (χ1v) is 26.3. The summed E-state index contributed by atoms with van der Waals surface area (Å²) in [6.45, 7) is 2.41. The molecule has 6 bridgehead atoms. The number of aromatic amines is 1. The van der Waals surface area contributed by atoms with Crippen molar-refractivity contribution in [3.05, 3.63) is 92.9 Å². The van der Waals surface area contributed by atoms with Gasteiger partial charge in [-0.1, -0.05) is 17.7 Å². The van der Waals surface area contributed by atoms with Crippen LogP contribution in [0.3, 0.4) is 0 Å². The van der Waals surface area contributed by atoms with Gasteiger partial charge in [-0.3, -0.25) is 9.59 Å². The van der Waals surface area contributed by atoms with E-state index in [-0.39, 0.29) is 104 Å². The number of ether oxygens (including phenoxy) is 5. The molecule has 5 heterocycles. The summed E-state index contributed by atoms with van der Waals surface area (Å²) in [5.74, 6) is -4.14. The molecular weight excluding hydrogens is 937 g/mol. The molecule has 1 aromatic heterocycles. The number of rotatable bonds is 13. The summed E-state index contributed by atoms with van der Waals surface area (Å²) in [6, 6.07) is 5.96. The molecule has 4 aliphatic heterocycles. The number of carbonyl (C=O) groups excluding carboxylic acids is 3. The topological polar surface area (TPSA) is 238 Å². The molecule has 9 atom stereocenters. The zero-order valence-corrected chi connectivity index (χ0v) is 41.8. The van der Waals surface area contributed by atoms with Gasteiger partial charge in [0.25, 0.3) is 0 Å². The van der Waals surface area contributed by atoms with Gasteiger partial charge in [0.15, 0.2) is 11.9 Å². The predicted molar refractivity (Wildman–Crippen MR) is 267 cm³/mol. The van der Waals surface area contributed by atoms with Crippen LogP contribution in [0.1, 0.15) is 92.0 Å². The molecule has 16 heteroatoms. The van der Waals surface area contributed by atoms with Crippen molar-refractivity contribution in [2.24, 2.45) is 34.5 Å². The Balaban J connectivity index is 1.16. The lowest BCUT2D eigenvalue weighted by Crippen LogP contribution is -2.79. The van der Waals surface area contributed by atoms with Gasteiger partial charge in [0.05, 0.1) is 49.7 Å². The van der Waals surface area contributed by atoms with Crippen LogP contribution in [0.4, 0.5) is 0 Å². The second kappa shape index (κ2) is 19.2. The van der Waals surface area contributed by atoms with Gasteiger partial charge in [-0.2, -0.15) is 0 Å². The van der Waals surface area contributed by atoms with Crippen LogP contribution in [-0.2, 0) is 43.3 Å². The lowest BCUT2D eigenvalue weighted by Gasteiger charge is -2.72. The highest BCUT2D eigenvalue weighted by Gasteiger charge is 2.78. The minimum atomic E-state index is -1.71. The number of nitrogens with one attached hydrogen (secondary N) is 1. The smallest absolute Gasteiger partial charge is 0.375 e. The van der Waals surface area contributed by atoms with E-state index in [4.69, 9.17) is 23.7 Å². The standard InChI is InChI=1S/C57H68N2O14/c1-3-70-53(67)51-42(29-64)45-35-19-36(27-62)47(66)40(22-35)39-21-34-7-14-58-44(34)23-33(39)6-5-32(26-61)31-71-49-41-24-56(73-48(41)43(30-65)50(72-51)46(45)49)11-9-54(13-17-60)8-10-55-12-16-59(15-4-18-69-2)25-38(55)20-37(28-63)52(54)57(55,56)68/h7,9,11,14,20-21,23,29,32,36,38,40,52,58,60-63,65,68H,3-6,8,10,12-13,15-19,22,24-28,30-31H2,1-2H3/b45-35-/t32-,36+,38+,40+,52-,54-,55+,56+,57-/m1/s1. The third-order valence-electron chi connectivity index (χ3n) is 18.5. The fourth-order valence-electron chi connectivity index (χ4n) is 15.1. The number of aryl methyl sites for hydroxylation is 1. The van der Waals surface area contributed by atoms with E-state index < -0.39 is 70.6 Å². The average Bonchev–Trinajstić information content (AvgIpc) is 4.06. The molecule has 390 valence electrons. The molecule has 2 saturated carbocycles. The Morgan fingerprint density at radius 3 is 2.62 bits per heavy atom. The number of aliphatic hydroxyl groups excluding tert-OH is 5. The second-order valence-corrected chi connectivity index (χ2v) is 21.9. The summed E-state index contributed by atoms with van der Waals surface area (Å²) in [5.41, 5.74) is -0.00487. The van der Waals surface area contributed by atoms with Crippen LogP contribution in [0, 0.1) is 34.5 Å². The number of aliphatic hydroxyl groups is 6. The van der Waals surface area contributed by atoms with Crippen LogP contribution >= 0.6 is 0 Å². The van der Waals surface area contributed by atoms with Crippen LogP contribution in [0.2, 0.25) is 0 Å². The number of hydrogen-bond donors (Lipinski definition) is 7. The first-order valence-electron chi connectivity index (χ1n) is 26.3. The number of ketones is 1. The van der Waals surface area contributed by atoms with Gasteiger partial charge in [0, 0.05) is 104 Å². The number of fused-ring (bicyclic) bond motifs is 7.